The molecule has 2 unspecified atom stereocenters. The smallest absolute Gasteiger partial charge is 0.337 e. The molecule has 0 saturated heterocycles. The molecule has 2 amide bonds. The zero-order chi connectivity index (χ0) is 15.4. The van der Waals surface area contributed by atoms with Crippen LogP contribution in [-0.2, 0) is 4.74 Å². The van der Waals surface area contributed by atoms with Gasteiger partial charge in [-0.2, -0.15) is 0 Å². The zero-order valence-corrected chi connectivity index (χ0v) is 11.6. The Kier molecular flexibility index (Phi) is 4.74. The highest BCUT2D eigenvalue weighted by Gasteiger charge is 2.28. The molecule has 21 heavy (non-hydrogen) atoms. The topological polar surface area (TPSA) is 87.7 Å². The van der Waals surface area contributed by atoms with Crippen LogP contribution in [0.4, 0.5) is 14.9 Å². The van der Waals surface area contributed by atoms with Crippen LogP contribution in [0.5, 0.6) is 0 Å². The van der Waals surface area contributed by atoms with Crippen molar-refractivity contribution in [3.05, 3.63) is 29.6 Å². The third kappa shape index (κ3) is 3.69. The van der Waals surface area contributed by atoms with Crippen molar-refractivity contribution in [1.82, 2.24) is 5.32 Å². The van der Waals surface area contributed by atoms with Crippen molar-refractivity contribution < 1.29 is 23.8 Å². The summed E-state index contributed by atoms with van der Waals surface area (Å²) in [7, 11) is 1.59. The first-order valence-corrected chi connectivity index (χ1v) is 6.64. The molecular formula is C14H17FN2O4. The van der Waals surface area contributed by atoms with Crippen molar-refractivity contribution in [2.24, 2.45) is 0 Å². The van der Waals surface area contributed by atoms with Crippen molar-refractivity contribution in [3.63, 3.8) is 0 Å². The number of nitrogens with one attached hydrogen (secondary N) is 2. The number of hydrogen-bond donors (Lipinski definition) is 3. The van der Waals surface area contributed by atoms with Gasteiger partial charge in [0, 0.05) is 7.11 Å². The first-order chi connectivity index (χ1) is 10.0. The van der Waals surface area contributed by atoms with Gasteiger partial charge in [0.1, 0.15) is 5.82 Å². The number of anilines is 1. The SMILES string of the molecule is COC1CCCC1NC(=O)Nc1ccc(F)cc1C(=O)O. The Morgan fingerprint density at radius 1 is 1.38 bits per heavy atom. The van der Waals surface area contributed by atoms with Crippen LogP contribution in [0.3, 0.4) is 0 Å². The molecule has 114 valence electrons. The van der Waals surface area contributed by atoms with Crippen LogP contribution in [0.2, 0.25) is 0 Å². The fourth-order valence-electron chi connectivity index (χ4n) is 2.50. The summed E-state index contributed by atoms with van der Waals surface area (Å²) in [6.45, 7) is 0. The lowest BCUT2D eigenvalue weighted by Crippen LogP contribution is -2.43. The number of carboxylic acids is 1. The third-order valence-electron chi connectivity index (χ3n) is 3.53. The molecule has 3 N–H and O–H groups in total. The van der Waals surface area contributed by atoms with Crippen LogP contribution in [-0.4, -0.2) is 36.4 Å². The van der Waals surface area contributed by atoms with Gasteiger partial charge in [0.15, 0.2) is 0 Å². The molecule has 1 saturated carbocycles. The maximum Gasteiger partial charge on any atom is 0.337 e. The van der Waals surface area contributed by atoms with Crippen molar-refractivity contribution in [2.75, 3.05) is 12.4 Å². The van der Waals surface area contributed by atoms with E-state index >= 15 is 0 Å². The summed E-state index contributed by atoms with van der Waals surface area (Å²) in [5, 5.41) is 14.2. The lowest BCUT2D eigenvalue weighted by Gasteiger charge is -2.20. The molecule has 6 nitrogen and oxygen atoms in total. The number of benzene rings is 1. The highest BCUT2D eigenvalue weighted by atomic mass is 19.1. The van der Waals surface area contributed by atoms with E-state index in [2.05, 4.69) is 10.6 Å². The van der Waals surface area contributed by atoms with Gasteiger partial charge in [-0.1, -0.05) is 0 Å². The standard InChI is InChI=1S/C14H17FN2O4/c1-21-12-4-2-3-11(12)17-14(20)16-10-6-5-8(15)7-9(10)13(18)19/h5-7,11-12H,2-4H2,1H3,(H,18,19)(H2,16,17,20). The Labute approximate surface area is 121 Å². The molecule has 0 heterocycles. The number of rotatable bonds is 4. The minimum atomic E-state index is -1.31. The van der Waals surface area contributed by atoms with E-state index in [9.17, 15) is 14.0 Å². The van der Waals surface area contributed by atoms with Gasteiger partial charge < -0.3 is 20.5 Å². The van der Waals surface area contributed by atoms with Crippen LogP contribution >= 0.6 is 0 Å². The van der Waals surface area contributed by atoms with Gasteiger partial charge in [0.05, 0.1) is 23.4 Å². The third-order valence-corrected chi connectivity index (χ3v) is 3.53. The van der Waals surface area contributed by atoms with Crippen LogP contribution in [0, 0.1) is 5.82 Å². The predicted molar refractivity (Wildman–Crippen MR) is 73.9 cm³/mol. The van der Waals surface area contributed by atoms with Crippen molar-refractivity contribution >= 4 is 17.7 Å². The predicted octanol–water partition coefficient (Wildman–Crippen LogP) is 2.21. The molecule has 1 aromatic rings. The van der Waals surface area contributed by atoms with Gasteiger partial charge in [0.25, 0.3) is 0 Å². The second kappa shape index (κ2) is 6.53. The molecule has 1 aliphatic rings. The van der Waals surface area contributed by atoms with Gasteiger partial charge in [0.2, 0.25) is 0 Å². The summed E-state index contributed by atoms with van der Waals surface area (Å²) < 4.78 is 18.3. The molecule has 1 aliphatic carbocycles. The number of carbonyl (C=O) groups is 2. The minimum Gasteiger partial charge on any atom is -0.478 e. The van der Waals surface area contributed by atoms with E-state index in [1.807, 2.05) is 0 Å². The first-order valence-electron chi connectivity index (χ1n) is 6.64. The van der Waals surface area contributed by atoms with Crippen LogP contribution in [0.1, 0.15) is 29.6 Å². The van der Waals surface area contributed by atoms with E-state index in [0.29, 0.717) is 0 Å². The van der Waals surface area contributed by atoms with Crippen molar-refractivity contribution in [2.45, 2.75) is 31.4 Å². The molecule has 0 spiro atoms. The van der Waals surface area contributed by atoms with Crippen molar-refractivity contribution in [3.8, 4) is 0 Å². The number of urea groups is 1. The fraction of sp³-hybridized carbons (Fsp3) is 0.429. The Balaban J connectivity index is 2.04. The number of halogens is 1. The summed E-state index contributed by atoms with van der Waals surface area (Å²) in [6, 6.07) is 2.55. The van der Waals surface area contributed by atoms with E-state index in [-0.39, 0.29) is 23.4 Å². The van der Waals surface area contributed by atoms with Gasteiger partial charge in [-0.15, -0.1) is 0 Å². The number of aromatic carboxylic acids is 1. The summed E-state index contributed by atoms with van der Waals surface area (Å²) >= 11 is 0. The maximum absolute atomic E-state index is 13.1. The number of amides is 2. The molecule has 0 aliphatic heterocycles. The molecule has 0 aromatic heterocycles. The van der Waals surface area contributed by atoms with Crippen LogP contribution in [0.15, 0.2) is 18.2 Å². The number of ether oxygens (including phenoxy) is 1. The van der Waals surface area contributed by atoms with Crippen molar-refractivity contribution in [1.29, 1.82) is 0 Å². The summed E-state index contributed by atoms with van der Waals surface area (Å²) in [6.07, 6.45) is 2.60. The second-order valence-electron chi connectivity index (χ2n) is 4.91. The van der Waals surface area contributed by atoms with Gasteiger partial charge in [-0.05, 0) is 37.5 Å². The summed E-state index contributed by atoms with van der Waals surface area (Å²) in [4.78, 5) is 23.0. The normalized spacial score (nSPS) is 21.0. The Bertz CT molecular complexity index is 550. The zero-order valence-electron chi connectivity index (χ0n) is 11.6. The minimum absolute atomic E-state index is 0.0390. The van der Waals surface area contributed by atoms with Gasteiger partial charge >= 0.3 is 12.0 Å². The van der Waals surface area contributed by atoms with Crippen LogP contribution < -0.4 is 10.6 Å². The molecular weight excluding hydrogens is 279 g/mol. The summed E-state index contributed by atoms with van der Waals surface area (Å²) in [5.74, 6) is -1.98. The van der Waals surface area contributed by atoms with E-state index in [1.54, 1.807) is 7.11 Å². The number of carboxylic acid groups (broad SMARTS) is 1. The number of carbonyl (C=O) groups excluding carboxylic acids is 1. The quantitative estimate of drug-likeness (QED) is 0.795. The van der Waals surface area contributed by atoms with E-state index in [0.717, 1.165) is 31.4 Å². The Morgan fingerprint density at radius 3 is 2.81 bits per heavy atom. The van der Waals surface area contributed by atoms with Crippen LogP contribution in [0.25, 0.3) is 0 Å². The average Bonchev–Trinajstić information content (AvgIpc) is 2.87. The van der Waals surface area contributed by atoms with Gasteiger partial charge in [-0.3, -0.25) is 0 Å². The monoisotopic (exact) mass is 296 g/mol. The lowest BCUT2D eigenvalue weighted by atomic mass is 10.1. The molecule has 1 fully saturated rings. The lowest BCUT2D eigenvalue weighted by molar-refractivity contribution is 0.0697. The Morgan fingerprint density at radius 2 is 2.14 bits per heavy atom. The molecule has 1 aromatic carbocycles. The van der Waals surface area contributed by atoms with Gasteiger partial charge in [-0.25, -0.2) is 14.0 Å². The van der Waals surface area contributed by atoms with E-state index < -0.39 is 17.8 Å². The largest absolute Gasteiger partial charge is 0.478 e. The first kappa shape index (κ1) is 15.2. The number of methoxy groups -OCH3 is 1. The van der Waals surface area contributed by atoms with E-state index in [1.165, 1.54) is 6.07 Å². The molecule has 2 atom stereocenters. The number of hydrogen-bond acceptors (Lipinski definition) is 3. The average molecular weight is 296 g/mol. The molecule has 2 rings (SSSR count). The Hall–Kier alpha value is -2.15. The molecule has 7 heteroatoms. The highest BCUT2D eigenvalue weighted by Crippen LogP contribution is 2.22. The highest BCUT2D eigenvalue weighted by molar-refractivity contribution is 6.00. The summed E-state index contributed by atoms with van der Waals surface area (Å²) in [5.41, 5.74) is -0.242. The maximum atomic E-state index is 13.1. The second-order valence-corrected chi connectivity index (χ2v) is 4.91. The molecule has 0 radical (unpaired) electrons. The molecule has 0 bridgehead atoms. The fourth-order valence-corrected chi connectivity index (χ4v) is 2.50. The van der Waals surface area contributed by atoms with E-state index in [4.69, 9.17) is 9.84 Å².